The van der Waals surface area contributed by atoms with E-state index in [1.165, 1.54) is 0 Å². The molecule has 0 unspecified atom stereocenters. The topological polar surface area (TPSA) is 148 Å². The van der Waals surface area contributed by atoms with Crippen LogP contribution < -0.4 is 0 Å². The Hall–Kier alpha value is -2.82. The molecule has 0 aliphatic heterocycles. The normalized spacial score (nSPS) is 3.12. The van der Waals surface area contributed by atoms with Gasteiger partial charge in [-0.1, -0.05) is 0 Å². The van der Waals surface area contributed by atoms with Gasteiger partial charge in [0.05, 0.1) is 0 Å². The molecule has 0 bridgehead atoms. The third-order valence-electron chi connectivity index (χ3n) is 0.406. The summed E-state index contributed by atoms with van der Waals surface area (Å²) >= 11 is 0. The van der Waals surface area contributed by atoms with Crippen LogP contribution in [-0.2, 0) is 17.1 Å². The van der Waals surface area contributed by atoms with Crippen molar-refractivity contribution in [2.45, 2.75) is 0 Å². The van der Waals surface area contributed by atoms with Crippen molar-refractivity contribution < 1.29 is 17.1 Å². The second kappa shape index (κ2) is 320. The molecule has 1 heterocycles. The van der Waals surface area contributed by atoms with Gasteiger partial charge in [0, 0.05) is 12.4 Å². The van der Waals surface area contributed by atoms with E-state index in [-0.39, 0.29) is 17.1 Å². The van der Waals surface area contributed by atoms with E-state index in [0.717, 1.165) is 0 Å². The molecule has 81 valence electrons. The molecule has 0 aliphatic carbocycles. The molecule has 0 spiro atoms. The van der Waals surface area contributed by atoms with Crippen molar-refractivity contribution in [2.75, 3.05) is 0 Å². The van der Waals surface area contributed by atoms with E-state index in [1.54, 1.807) is 12.4 Å². The van der Waals surface area contributed by atoms with Gasteiger partial charge in [-0.05, 0) is 6.07 Å². The summed E-state index contributed by atoms with van der Waals surface area (Å²) in [7, 11) is 0. The minimum absolute atomic E-state index is 0. The summed E-state index contributed by atoms with van der Waals surface area (Å²) in [5, 5.41) is 37.5. The Bertz CT molecular complexity index is 192. The minimum atomic E-state index is 0. The third kappa shape index (κ3) is 244. The Morgan fingerprint density at radius 3 is 1.12 bits per heavy atom. The van der Waals surface area contributed by atoms with Gasteiger partial charge in [-0.3, -0.25) is 5.10 Å². The maximum Gasteiger partial charge on any atom is 3.00 e. The summed E-state index contributed by atoms with van der Waals surface area (Å²) in [6, 6.07) is 1.83. The van der Waals surface area contributed by atoms with Crippen LogP contribution in [0.4, 0.5) is 0 Å². The van der Waals surface area contributed by atoms with Gasteiger partial charge in [0.25, 0.3) is 0 Å². The van der Waals surface area contributed by atoms with Gasteiger partial charge in [0.1, 0.15) is 0 Å². The van der Waals surface area contributed by atoms with E-state index in [1.807, 2.05) is 6.07 Å². The van der Waals surface area contributed by atoms with E-state index in [9.17, 15) is 0 Å². The molecule has 0 saturated carbocycles. The molecule has 0 fully saturated rings. The number of aromatic nitrogens is 2. The second-order valence-corrected chi connectivity index (χ2v) is 0.766. The van der Waals surface area contributed by atoms with Gasteiger partial charge in [-0.2, -0.15) is 5.10 Å². The number of hydrogen-bond donors (Lipinski definition) is 1. The van der Waals surface area contributed by atoms with Gasteiger partial charge in [-0.15, -0.1) is 0 Å². The Labute approximate surface area is 105 Å². The van der Waals surface area contributed by atoms with Crippen LogP contribution in [0.15, 0.2) is 18.5 Å². The van der Waals surface area contributed by atoms with Crippen molar-refractivity contribution >= 4 is 0 Å². The molecule has 16 heavy (non-hydrogen) atoms. The predicted octanol–water partition coefficient (Wildman–Crippen LogP) is 0.889. The van der Waals surface area contributed by atoms with Gasteiger partial charge in [0.2, 0.25) is 0 Å². The molecule has 0 amide bonds. The monoisotopic (exact) mass is 254 g/mol. The Balaban J connectivity index is -0.0000000203. The number of nitrogens with one attached hydrogen (secondary N) is 1. The summed E-state index contributed by atoms with van der Waals surface area (Å²) in [5.41, 5.74) is 0. The van der Waals surface area contributed by atoms with Crippen molar-refractivity contribution in [1.82, 2.24) is 10.2 Å². The van der Waals surface area contributed by atoms with Crippen molar-refractivity contribution in [3.05, 3.63) is 51.3 Å². The molecule has 0 aromatic carbocycles. The molecular weight excluding hydrogens is 250 g/mol. The summed E-state index contributed by atoms with van der Waals surface area (Å²) in [6.07, 6.45) is 3.46. The predicted molar refractivity (Wildman–Crippen MR) is 43.4 cm³/mol. The van der Waals surface area contributed by atoms with E-state index in [4.69, 9.17) is 59.2 Å². The third-order valence-corrected chi connectivity index (χ3v) is 0.406. The van der Waals surface area contributed by atoms with E-state index in [2.05, 4.69) is 10.2 Å². The van der Waals surface area contributed by atoms with Crippen molar-refractivity contribution in [2.24, 2.45) is 0 Å². The fraction of sp³-hybridized carbons (Fsp3) is 0. The quantitative estimate of drug-likeness (QED) is 0.536. The van der Waals surface area contributed by atoms with Gasteiger partial charge in [-0.25, -0.2) is 0 Å². The summed E-state index contributed by atoms with van der Waals surface area (Å²) in [4.78, 5) is 0. The summed E-state index contributed by atoms with van der Waals surface area (Å²) in [5.74, 6) is 0. The average Bonchev–Trinajstić information content (AvgIpc) is 3.00. The molecular formula is C8H4FeN7-2. The zero-order chi connectivity index (χ0) is 13.5. The van der Waals surface area contributed by atoms with Crippen LogP contribution in [-0.4, -0.2) is 10.2 Å². The largest absolute Gasteiger partial charge is 3.00 e. The van der Waals surface area contributed by atoms with Crippen LogP contribution in [0.5, 0.6) is 0 Å². The Morgan fingerprint density at radius 2 is 1.06 bits per heavy atom. The first-order valence-electron chi connectivity index (χ1n) is 2.56. The molecule has 1 aromatic heterocycles. The fourth-order valence-corrected chi connectivity index (χ4v) is 0.215. The first kappa shape index (κ1) is 37.9. The molecule has 1 aromatic rings. The molecule has 1 rings (SSSR count). The van der Waals surface area contributed by atoms with Crippen molar-refractivity contribution in [1.29, 1.82) is 26.3 Å². The van der Waals surface area contributed by atoms with E-state index in [0.29, 0.717) is 0 Å². The van der Waals surface area contributed by atoms with Gasteiger partial charge < -0.3 is 59.2 Å². The minimum Gasteiger partial charge on any atom is -0.512 e. The number of rotatable bonds is 0. The maximum absolute atomic E-state index is 6.25. The standard InChI is InChI=1S/C3H4N2.5CN.Fe/c1-2-4-5-3-1;5*1-2;/h1-3H,(H,4,5);;;;;;/q;5*-1;+3. The number of hydrogen-bond acceptors (Lipinski definition) is 6. The zero-order valence-electron chi connectivity index (χ0n) is 7.77. The summed E-state index contributed by atoms with van der Waals surface area (Å²) in [6.45, 7) is 23.8. The average molecular weight is 254 g/mol. The van der Waals surface area contributed by atoms with Crippen LogP contribution >= 0.6 is 0 Å². The van der Waals surface area contributed by atoms with E-state index >= 15 is 0 Å². The SMILES string of the molecule is [C-]#N.[C-]#N.[C-]#N.[C-]#N.[C-]#N.[Fe+3].c1cn[nH]c1. The maximum atomic E-state index is 6.25. The zero-order valence-corrected chi connectivity index (χ0v) is 8.87. The molecule has 0 aliphatic rings. The number of H-pyrrole nitrogens is 1. The second-order valence-electron chi connectivity index (χ2n) is 0.766. The molecule has 1 N–H and O–H groups in total. The molecule has 8 heteroatoms. The number of nitrogens with zero attached hydrogens (tertiary/aromatic N) is 6. The molecule has 7 nitrogen and oxygen atoms in total. The Morgan fingerprint density at radius 1 is 0.750 bits per heavy atom. The van der Waals surface area contributed by atoms with Crippen molar-refractivity contribution in [3.8, 4) is 0 Å². The van der Waals surface area contributed by atoms with Gasteiger partial charge >= 0.3 is 17.1 Å². The molecule has 0 saturated heterocycles. The van der Waals surface area contributed by atoms with E-state index < -0.39 is 0 Å². The first-order valence-corrected chi connectivity index (χ1v) is 2.56. The smallest absolute Gasteiger partial charge is 0.512 e. The first-order chi connectivity index (χ1) is 7.50. The molecule has 1 radical (unpaired) electrons. The van der Waals surface area contributed by atoms with Crippen LogP contribution in [0.3, 0.4) is 0 Å². The van der Waals surface area contributed by atoms with Crippen molar-refractivity contribution in [3.63, 3.8) is 0 Å². The number of aromatic amines is 1. The van der Waals surface area contributed by atoms with Crippen LogP contribution in [0, 0.1) is 59.2 Å². The summed E-state index contributed by atoms with van der Waals surface area (Å²) < 4.78 is 0. The Kier molecular flexibility index (Phi) is 760. The van der Waals surface area contributed by atoms with Crippen LogP contribution in [0.1, 0.15) is 0 Å². The van der Waals surface area contributed by atoms with Crippen LogP contribution in [0.25, 0.3) is 0 Å². The molecule has 0 atom stereocenters. The fourth-order valence-electron chi connectivity index (χ4n) is 0.215. The van der Waals surface area contributed by atoms with Crippen LogP contribution in [0.2, 0.25) is 0 Å². The van der Waals surface area contributed by atoms with Gasteiger partial charge in [0.15, 0.2) is 0 Å².